The van der Waals surface area contributed by atoms with Crippen LogP contribution in [0.25, 0.3) is 0 Å². The normalized spacial score (nSPS) is 13.9. The lowest BCUT2D eigenvalue weighted by atomic mass is 9.43. The monoisotopic (exact) mass is 270 g/mol. The summed E-state index contributed by atoms with van der Waals surface area (Å²) in [6, 6.07) is 0. The predicted octanol–water partition coefficient (Wildman–Crippen LogP) is 6.21. The maximum Gasteiger partial charge on any atom is 0.284 e. The average molecular weight is 271 g/mol. The second kappa shape index (κ2) is 7.63. The third-order valence-corrected chi connectivity index (χ3v) is 4.80. The fourth-order valence-electron chi connectivity index (χ4n) is 1.92. The second-order valence-corrected chi connectivity index (χ2v) is 7.78. The van der Waals surface area contributed by atoms with Gasteiger partial charge in [0.25, 0.3) is 6.13 Å². The molecule has 0 spiro atoms. The van der Waals surface area contributed by atoms with Gasteiger partial charge in [-0.1, -0.05) is 66.9 Å². The highest BCUT2D eigenvalue weighted by atomic mass is 35.5. The largest absolute Gasteiger partial charge is 0.284 e. The first-order valence-electron chi connectivity index (χ1n) is 7.42. The van der Waals surface area contributed by atoms with Crippen LogP contribution in [0.4, 0.5) is 0 Å². The molecule has 106 valence electrons. The van der Waals surface area contributed by atoms with Crippen LogP contribution in [0.5, 0.6) is 0 Å². The second-order valence-electron chi connectivity index (χ2n) is 7.35. The smallest absolute Gasteiger partial charge is 0.189 e. The molecule has 0 aromatic rings. The van der Waals surface area contributed by atoms with Gasteiger partial charge >= 0.3 is 0 Å². The molecule has 0 aromatic heterocycles. The fraction of sp³-hybridized carbons (Fsp3) is 0.875. The molecule has 0 saturated carbocycles. The van der Waals surface area contributed by atoms with Gasteiger partial charge in [0.2, 0.25) is 0 Å². The predicted molar refractivity (Wildman–Crippen MR) is 87.5 cm³/mol. The van der Waals surface area contributed by atoms with Crippen molar-refractivity contribution < 1.29 is 0 Å². The summed E-state index contributed by atoms with van der Waals surface area (Å²) in [4.78, 5) is 0. The van der Waals surface area contributed by atoms with E-state index in [1.807, 2.05) is 0 Å². The lowest BCUT2D eigenvalue weighted by Gasteiger charge is -2.34. The maximum atomic E-state index is 6.79. The van der Waals surface area contributed by atoms with Gasteiger partial charge in [0, 0.05) is 0 Å². The Morgan fingerprint density at radius 1 is 1.06 bits per heavy atom. The third kappa shape index (κ3) is 5.82. The molecule has 0 radical (unpaired) electrons. The van der Waals surface area contributed by atoms with Crippen molar-refractivity contribution in [3.05, 3.63) is 11.5 Å². The van der Waals surface area contributed by atoms with Gasteiger partial charge < -0.3 is 0 Å². The van der Waals surface area contributed by atoms with E-state index in [2.05, 4.69) is 61.5 Å². The summed E-state index contributed by atoms with van der Waals surface area (Å²) >= 11 is 6.79. The summed E-state index contributed by atoms with van der Waals surface area (Å²) in [6.45, 7) is 18.2. The van der Waals surface area contributed by atoms with Gasteiger partial charge in [-0.15, -0.1) is 0 Å². The number of allylic oxidation sites excluding steroid dienone is 2. The zero-order chi connectivity index (χ0) is 14.5. The molecule has 0 heterocycles. The lowest BCUT2D eigenvalue weighted by molar-refractivity contribution is 0.471. The van der Waals surface area contributed by atoms with Crippen molar-refractivity contribution in [3.8, 4) is 0 Å². The molecule has 0 unspecified atom stereocenters. The van der Waals surface area contributed by atoms with Crippen LogP contribution >= 0.6 is 11.5 Å². The Bertz CT molecular complexity index is 264. The first-order chi connectivity index (χ1) is 8.09. The molecule has 0 amide bonds. The van der Waals surface area contributed by atoms with E-state index < -0.39 is 0 Å². The summed E-state index contributed by atoms with van der Waals surface area (Å²) in [5.41, 5.74) is 1.44. The fourth-order valence-corrected chi connectivity index (χ4v) is 2.35. The molecule has 0 fully saturated rings. The lowest BCUT2D eigenvalue weighted by Crippen LogP contribution is -2.30. The minimum Gasteiger partial charge on any atom is -0.189 e. The molecule has 0 atom stereocenters. The molecule has 0 bridgehead atoms. The average Bonchev–Trinajstić information content (AvgIpc) is 2.22. The van der Waals surface area contributed by atoms with Crippen LogP contribution in [0.15, 0.2) is 11.5 Å². The minimum atomic E-state index is 0.152. The Morgan fingerprint density at radius 3 is 1.89 bits per heavy atom. The van der Waals surface area contributed by atoms with Gasteiger partial charge in [0.05, 0.1) is 0 Å². The van der Waals surface area contributed by atoms with Gasteiger partial charge in [-0.3, -0.25) is 0 Å². The molecule has 0 aliphatic heterocycles. The summed E-state index contributed by atoms with van der Waals surface area (Å²) in [7, 11) is 0. The van der Waals surface area contributed by atoms with E-state index in [1.54, 1.807) is 0 Å². The number of halogens is 1. The summed E-state index contributed by atoms with van der Waals surface area (Å²) in [5, 5.41) is 0.152. The Hall–Kier alpha value is 0.0949. The Labute approximate surface area is 121 Å². The topological polar surface area (TPSA) is 0 Å². The van der Waals surface area contributed by atoms with Gasteiger partial charge in [-0.2, -0.15) is 11.5 Å². The van der Waals surface area contributed by atoms with Gasteiger partial charge in [-0.05, 0) is 35.9 Å². The number of hydrogen-bond acceptors (Lipinski definition) is 0. The molecule has 0 nitrogen and oxygen atoms in total. The standard InChI is InChI=1S/C16H32BCl/c1-12(2)9-10-15(11-13(3)4)17(18)16(7,8)14(5)6/h10,12-14H,9,11H2,1-8H3/b15-10+. The quantitative estimate of drug-likeness (QED) is 0.482. The van der Waals surface area contributed by atoms with E-state index in [0.717, 1.165) is 12.8 Å². The molecular weight excluding hydrogens is 238 g/mol. The summed E-state index contributed by atoms with van der Waals surface area (Å²) in [6.07, 6.45) is 4.81. The van der Waals surface area contributed by atoms with Crippen molar-refractivity contribution in [1.82, 2.24) is 0 Å². The highest BCUT2D eigenvalue weighted by Gasteiger charge is 2.37. The Morgan fingerprint density at radius 2 is 1.56 bits per heavy atom. The van der Waals surface area contributed by atoms with E-state index in [-0.39, 0.29) is 11.4 Å². The van der Waals surface area contributed by atoms with Crippen LogP contribution < -0.4 is 0 Å². The van der Waals surface area contributed by atoms with Crippen LogP contribution in [-0.2, 0) is 0 Å². The van der Waals surface area contributed by atoms with Gasteiger partial charge in [-0.25, -0.2) is 0 Å². The first kappa shape index (κ1) is 18.1. The Balaban J connectivity index is 5.01. The molecule has 0 aromatic carbocycles. The van der Waals surface area contributed by atoms with Crippen LogP contribution in [-0.4, -0.2) is 6.13 Å². The highest BCUT2D eigenvalue weighted by molar-refractivity contribution is 7.12. The maximum absolute atomic E-state index is 6.79. The number of rotatable bonds is 7. The molecular formula is C16H32BCl. The van der Waals surface area contributed by atoms with Crippen molar-refractivity contribution in [2.24, 2.45) is 17.8 Å². The zero-order valence-corrected chi connectivity index (χ0v) is 14.4. The molecule has 0 aliphatic rings. The third-order valence-electron chi connectivity index (χ3n) is 3.96. The SMILES string of the molecule is CC(C)C/C=C(\CC(C)C)B(Cl)C(C)(C)C(C)C. The van der Waals surface area contributed by atoms with Gasteiger partial charge in [0.15, 0.2) is 0 Å². The number of hydrogen-bond donors (Lipinski definition) is 0. The van der Waals surface area contributed by atoms with E-state index in [4.69, 9.17) is 11.5 Å². The molecule has 0 N–H and O–H groups in total. The van der Waals surface area contributed by atoms with E-state index in [1.165, 1.54) is 5.47 Å². The molecule has 0 aliphatic carbocycles. The van der Waals surface area contributed by atoms with Crippen molar-refractivity contribution in [1.29, 1.82) is 0 Å². The minimum absolute atomic E-state index is 0.152. The molecule has 0 rings (SSSR count). The van der Waals surface area contributed by atoms with E-state index in [0.29, 0.717) is 17.8 Å². The summed E-state index contributed by atoms with van der Waals surface area (Å²) in [5.74, 6) is 1.97. The van der Waals surface area contributed by atoms with Crippen molar-refractivity contribution in [2.75, 3.05) is 0 Å². The molecule has 2 heteroatoms. The van der Waals surface area contributed by atoms with Crippen molar-refractivity contribution in [3.63, 3.8) is 0 Å². The molecule has 0 saturated heterocycles. The van der Waals surface area contributed by atoms with Crippen LogP contribution in [0.1, 0.15) is 68.2 Å². The zero-order valence-electron chi connectivity index (χ0n) is 13.7. The van der Waals surface area contributed by atoms with E-state index in [9.17, 15) is 0 Å². The Kier molecular flexibility index (Phi) is 7.67. The van der Waals surface area contributed by atoms with Crippen molar-refractivity contribution >= 4 is 17.6 Å². The first-order valence-corrected chi connectivity index (χ1v) is 7.85. The van der Waals surface area contributed by atoms with Gasteiger partial charge in [0.1, 0.15) is 0 Å². The molecule has 18 heavy (non-hydrogen) atoms. The van der Waals surface area contributed by atoms with Crippen LogP contribution in [0.2, 0.25) is 5.31 Å². The summed E-state index contributed by atoms with van der Waals surface area (Å²) < 4.78 is 0. The van der Waals surface area contributed by atoms with Crippen LogP contribution in [0.3, 0.4) is 0 Å². The van der Waals surface area contributed by atoms with Crippen LogP contribution in [0, 0.1) is 17.8 Å². The van der Waals surface area contributed by atoms with Crippen molar-refractivity contribution in [2.45, 2.75) is 73.5 Å². The highest BCUT2D eigenvalue weighted by Crippen LogP contribution is 2.43. The van der Waals surface area contributed by atoms with E-state index >= 15 is 0 Å².